The number of aryl methyl sites for hydroxylation is 1. The first-order chi connectivity index (χ1) is 43.7. The fraction of sp³-hybridized carbons (Fsp3) is 0.138. The Hall–Kier alpha value is -10.6. The Labute approximate surface area is 490 Å². The Morgan fingerprint density at radius 3 is 0.978 bits per heavy atom. The summed E-state index contributed by atoms with van der Waals surface area (Å²) in [6, 6.07) is 5.36. The van der Waals surface area contributed by atoms with E-state index in [9.17, 15) is 9.59 Å². The summed E-state index contributed by atoms with van der Waals surface area (Å²) in [5, 5.41) is 94.7. The monoisotopic (exact) mass is 1120 g/mol. The molecule has 1 saturated carbocycles. The van der Waals surface area contributed by atoms with Crippen LogP contribution >= 0.6 is 0 Å². The Kier molecular flexibility index (Phi) is 3.99. The van der Waals surface area contributed by atoms with Crippen molar-refractivity contribution in [2.75, 3.05) is 37.8 Å². The fourth-order valence-electron chi connectivity index (χ4n) is 27.9. The lowest BCUT2D eigenvalue weighted by Crippen LogP contribution is -2.28. The molecule has 2 aromatic heterocycles. The number of carbonyl (C=O) groups is 3. The molecule has 9 heteroatoms. The molecule has 0 radical (unpaired) electrons. The largest absolute Gasteiger partial charge is 0.351 e. The third-order valence-corrected chi connectivity index (χ3v) is 29.0. The number of amides is 3. The van der Waals surface area contributed by atoms with Gasteiger partial charge in [-0.2, -0.15) is 0 Å². The van der Waals surface area contributed by atoms with Crippen LogP contribution in [-0.2, 0) is 29.7 Å². The molecule has 5 aliphatic carbocycles. The number of rotatable bonds is 10. The molecule has 9 nitrogen and oxygen atoms in total. The van der Waals surface area contributed by atoms with Crippen molar-refractivity contribution < 1.29 is 14.4 Å². The summed E-state index contributed by atoms with van der Waals surface area (Å²) < 4.78 is 3.55. The van der Waals surface area contributed by atoms with E-state index in [0.717, 1.165) is 13.0 Å². The zero-order chi connectivity index (χ0) is 55.6. The minimum Gasteiger partial charge on any atom is -0.351 e. The molecule has 2 spiro atoms. The lowest BCUT2D eigenvalue weighted by molar-refractivity contribution is -0.116. The zero-order valence-corrected chi connectivity index (χ0v) is 47.3. The van der Waals surface area contributed by atoms with Crippen molar-refractivity contribution in [2.24, 2.45) is 20.0 Å². The maximum atomic E-state index is 16.1. The Morgan fingerprint density at radius 1 is 0.393 bits per heavy atom. The second-order valence-corrected chi connectivity index (χ2v) is 30.9. The van der Waals surface area contributed by atoms with Gasteiger partial charge in [0.05, 0.1) is 5.69 Å². The van der Waals surface area contributed by atoms with Gasteiger partial charge in [0, 0.05) is 44.1 Å². The van der Waals surface area contributed by atoms with Gasteiger partial charge < -0.3 is 30.0 Å². The van der Waals surface area contributed by atoms with Gasteiger partial charge in [-0.25, -0.2) is 0 Å². The molecule has 3 N–H and O–H groups in total. The Balaban J connectivity index is 0.718. The molecule has 2 heterocycles. The summed E-state index contributed by atoms with van der Waals surface area (Å²) in [6.07, 6.45) is 3.09. The van der Waals surface area contributed by atoms with E-state index < -0.39 is 10.8 Å². The van der Waals surface area contributed by atoms with Crippen LogP contribution in [0.15, 0.2) is 24.4 Å². The van der Waals surface area contributed by atoms with E-state index in [1.54, 1.807) is 337 Å². The zero-order valence-electron chi connectivity index (χ0n) is 47.3. The van der Waals surface area contributed by atoms with E-state index in [2.05, 4.69) is 20.9 Å². The lowest BCUT2D eigenvalue weighted by atomic mass is 9.68. The molecule has 5 aliphatic rings. The SMILES string of the molecule is CN(C)CCCNC(=O)c1ccc(NC(=O)c2cc(NC(=O)CC3C45c6c7c8c9c%10c%11c(c%12c%13c4c4c6c6c%14c7c7c8c8c%10c%10c%15c%11c%11c%12c%12c%13c%13c4c4c6c6c%14c%14c7c7c8c%10c8c%10c%15c%11c%11c%12c%12c%13c4c4c6c6c%14c7c8c7c%10c%11c%12c4c67)C935)cn2C)n1C. The van der Waals surface area contributed by atoms with E-state index in [0.29, 0.717) is 35.9 Å². The number of nitrogens with zero attached hydrogens (tertiary/aromatic N) is 3. The third kappa shape index (κ3) is 2.44. The molecule has 0 saturated heterocycles. The molecule has 396 valence electrons. The van der Waals surface area contributed by atoms with Crippen molar-refractivity contribution in [3.05, 3.63) is 58.0 Å². The predicted molar refractivity (Wildman–Crippen MR) is 365 cm³/mol. The maximum Gasteiger partial charge on any atom is 0.273 e. The molecule has 0 bridgehead atoms. The molecule has 35 rings (SSSR count). The van der Waals surface area contributed by atoms with Gasteiger partial charge in [-0.15, -0.1) is 0 Å². The predicted octanol–water partition coefficient (Wildman–Crippen LogP) is 17.6. The Morgan fingerprint density at radius 2 is 0.685 bits per heavy atom. The maximum absolute atomic E-state index is 16.1. The van der Waals surface area contributed by atoms with E-state index in [-0.39, 0.29) is 23.6 Å². The molecule has 30 aromatic rings. The third-order valence-electron chi connectivity index (χ3n) is 29.0. The molecule has 0 unspecified atom stereocenters. The normalized spacial score (nSPS) is 20.8. The van der Waals surface area contributed by atoms with Crippen molar-refractivity contribution >= 4 is 320 Å². The number of hydrogen-bond acceptors (Lipinski definition) is 4. The van der Waals surface area contributed by atoms with Crippen molar-refractivity contribution in [3.8, 4) is 0 Å². The summed E-state index contributed by atoms with van der Waals surface area (Å²) in [5.41, 5.74) is 6.98. The van der Waals surface area contributed by atoms with Crippen LogP contribution in [0.3, 0.4) is 0 Å². The van der Waals surface area contributed by atoms with Gasteiger partial charge in [-0.05, 0) is 364 Å². The first-order valence-electron chi connectivity index (χ1n) is 32.4. The van der Waals surface area contributed by atoms with Crippen molar-refractivity contribution in [2.45, 2.75) is 23.7 Å². The molecular weight excluding hydrogens is 1090 g/mol. The van der Waals surface area contributed by atoms with Gasteiger partial charge in [0.15, 0.2) is 0 Å². The standard InChI is InChI=1S/C80H28N6O3/c1-84(2)9-5-8-81-77(88)14-6-7-17(86(14)4)83-78(89)15-10-13(12-85(15)3)82-18(87)11-16-79-73-65-57-47-37-29-21-19-20-23-27-25(21)33-41-35(27)45-39-31(23)32-24(20)28-26-22(19)30(29)38-44-34(26)42-36(28)46-40(32)50-49(39)59-53(45)63-55(41)61(51(57)43(33)37)69(73)71(63)75-67(59)68-60(50)54(46)64-56(42)62-52(44)58(48(38)47)66(65)74(79)70(62)72(64)76(68)80(16,75)79/h6-7,10,12,16H,5,8-9,11H2,1-4H3,(H,81,88)(H,82,87)(H,83,89). The van der Waals surface area contributed by atoms with Crippen LogP contribution in [0, 0.1) is 5.92 Å². The average Bonchev–Trinajstić information content (AvgIpc) is 1.37. The molecular formula is C80H28N6O3. The van der Waals surface area contributed by atoms with Gasteiger partial charge in [0.2, 0.25) is 5.91 Å². The molecule has 0 aliphatic heterocycles. The van der Waals surface area contributed by atoms with Crippen LogP contribution in [0.5, 0.6) is 0 Å². The quantitative estimate of drug-likeness (QED) is 0.0938. The highest BCUT2D eigenvalue weighted by Gasteiger charge is 2.86. The van der Waals surface area contributed by atoms with Crippen molar-refractivity contribution in [1.82, 2.24) is 19.4 Å². The van der Waals surface area contributed by atoms with Gasteiger partial charge in [-0.1, -0.05) is 0 Å². The molecule has 28 aromatic carbocycles. The highest BCUT2D eigenvalue weighted by Crippen LogP contribution is 2.93. The highest BCUT2D eigenvalue weighted by atomic mass is 16.2. The number of aromatic nitrogens is 2. The first kappa shape index (κ1) is 37.8. The highest BCUT2D eigenvalue weighted by molar-refractivity contribution is 6.82. The molecule has 3 amide bonds. The first-order valence-corrected chi connectivity index (χ1v) is 32.4. The number of anilines is 2. The summed E-state index contributed by atoms with van der Waals surface area (Å²) in [4.78, 5) is 45.8. The van der Waals surface area contributed by atoms with E-state index in [1.165, 1.54) is 0 Å². The number of nitrogens with one attached hydrogen (secondary N) is 3. The van der Waals surface area contributed by atoms with Crippen LogP contribution in [0.25, 0.3) is 291 Å². The second kappa shape index (κ2) is 9.38. The minimum atomic E-state index is -0.450. The number of hydrogen-bond donors (Lipinski definition) is 3. The van der Waals surface area contributed by atoms with Crippen LogP contribution in [0.4, 0.5) is 11.5 Å². The van der Waals surface area contributed by atoms with E-state index >= 15 is 4.79 Å². The number of benzene rings is 18. The topological polar surface area (TPSA) is 100 Å². The smallest absolute Gasteiger partial charge is 0.273 e. The van der Waals surface area contributed by atoms with Crippen molar-refractivity contribution in [1.29, 1.82) is 0 Å². The van der Waals surface area contributed by atoms with Gasteiger partial charge in [0.1, 0.15) is 17.2 Å². The summed E-state index contributed by atoms with van der Waals surface area (Å²) in [5.74, 6) is 0.00715. The Bertz CT molecular complexity index is 7830. The lowest BCUT2D eigenvalue weighted by Gasteiger charge is -2.33. The van der Waals surface area contributed by atoms with E-state index in [1.807, 2.05) is 38.0 Å². The van der Waals surface area contributed by atoms with Gasteiger partial charge in [-0.3, -0.25) is 14.4 Å². The van der Waals surface area contributed by atoms with Crippen molar-refractivity contribution in [3.63, 3.8) is 0 Å². The van der Waals surface area contributed by atoms with Crippen LogP contribution in [-0.4, -0.2) is 58.9 Å². The summed E-state index contributed by atoms with van der Waals surface area (Å²) >= 11 is 0. The molecule has 0 atom stereocenters. The van der Waals surface area contributed by atoms with E-state index in [4.69, 9.17) is 0 Å². The number of carbonyl (C=O) groups excluding carboxylic acids is 3. The molecule has 89 heavy (non-hydrogen) atoms. The summed E-state index contributed by atoms with van der Waals surface area (Å²) in [7, 11) is 7.73. The van der Waals surface area contributed by atoms with Crippen LogP contribution in [0.2, 0.25) is 0 Å². The fourth-order valence-corrected chi connectivity index (χ4v) is 27.9. The van der Waals surface area contributed by atoms with Crippen LogP contribution < -0.4 is 16.0 Å². The van der Waals surface area contributed by atoms with Gasteiger partial charge in [0.25, 0.3) is 11.8 Å². The van der Waals surface area contributed by atoms with Crippen LogP contribution in [0.1, 0.15) is 56.1 Å². The minimum absolute atomic E-state index is 0.00692. The second-order valence-electron chi connectivity index (χ2n) is 30.9. The summed E-state index contributed by atoms with van der Waals surface area (Å²) in [6.45, 7) is 1.44. The van der Waals surface area contributed by atoms with Gasteiger partial charge >= 0.3 is 0 Å². The average molecular weight is 1120 g/mol. The molecule has 1 fully saturated rings.